The Morgan fingerprint density at radius 3 is 2.58 bits per heavy atom. The number of thiazole rings is 1. The molecule has 3 rings (SSSR count). The van der Waals surface area contributed by atoms with Crippen LogP contribution in [0.15, 0.2) is 30.3 Å². The standard InChI is InChI=1S/C18H23N5OS.ClH/c1-13-12-15(22(4)20-13)17(24)23(11-7-10-21(2)3)18-19-14-8-5-6-9-16(14)25-18;/h5-6,8-9,12H,7,10-11H2,1-4H3;1H. The number of hydrogen-bond acceptors (Lipinski definition) is 5. The summed E-state index contributed by atoms with van der Waals surface area (Å²) in [5.74, 6) is -0.0547. The minimum absolute atomic E-state index is 0. The van der Waals surface area contributed by atoms with Gasteiger partial charge in [0.2, 0.25) is 0 Å². The van der Waals surface area contributed by atoms with Gasteiger partial charge in [-0.3, -0.25) is 14.4 Å². The topological polar surface area (TPSA) is 54.3 Å². The Labute approximate surface area is 163 Å². The van der Waals surface area contributed by atoms with Gasteiger partial charge in [-0.2, -0.15) is 5.10 Å². The number of hydrogen-bond donors (Lipinski definition) is 0. The Balaban J connectivity index is 0.00000243. The number of nitrogens with zero attached hydrogens (tertiary/aromatic N) is 5. The molecule has 0 saturated heterocycles. The van der Waals surface area contributed by atoms with E-state index in [1.165, 1.54) is 0 Å². The van der Waals surface area contributed by atoms with E-state index in [4.69, 9.17) is 0 Å². The van der Waals surface area contributed by atoms with Crippen LogP contribution in [-0.2, 0) is 7.05 Å². The molecule has 3 aromatic rings. The van der Waals surface area contributed by atoms with Gasteiger partial charge in [-0.25, -0.2) is 4.98 Å². The van der Waals surface area contributed by atoms with E-state index in [1.807, 2.05) is 51.4 Å². The predicted octanol–water partition coefficient (Wildman–Crippen LogP) is 3.36. The first-order valence-corrected chi connectivity index (χ1v) is 9.10. The van der Waals surface area contributed by atoms with Gasteiger partial charge in [0.25, 0.3) is 5.91 Å². The molecule has 0 bridgehead atoms. The summed E-state index contributed by atoms with van der Waals surface area (Å²) in [6.07, 6.45) is 0.880. The number of anilines is 1. The van der Waals surface area contributed by atoms with Crippen LogP contribution in [0.25, 0.3) is 10.2 Å². The smallest absolute Gasteiger partial charge is 0.278 e. The van der Waals surface area contributed by atoms with Crippen molar-refractivity contribution in [2.24, 2.45) is 7.05 Å². The summed E-state index contributed by atoms with van der Waals surface area (Å²) in [4.78, 5) is 21.7. The SMILES string of the molecule is Cc1cc(C(=O)N(CCCN(C)C)c2nc3ccccc3s2)n(C)n1.Cl. The molecule has 0 unspecified atom stereocenters. The predicted molar refractivity (Wildman–Crippen MR) is 110 cm³/mol. The van der Waals surface area contributed by atoms with Gasteiger partial charge in [0.1, 0.15) is 5.69 Å². The molecule has 0 fully saturated rings. The molecule has 0 spiro atoms. The largest absolute Gasteiger partial charge is 0.309 e. The lowest BCUT2D eigenvalue weighted by atomic mass is 10.3. The highest BCUT2D eigenvalue weighted by molar-refractivity contribution is 7.22. The van der Waals surface area contributed by atoms with E-state index >= 15 is 0 Å². The van der Waals surface area contributed by atoms with Gasteiger partial charge >= 0.3 is 0 Å². The zero-order chi connectivity index (χ0) is 18.0. The quantitative estimate of drug-likeness (QED) is 0.644. The van der Waals surface area contributed by atoms with E-state index in [1.54, 1.807) is 28.0 Å². The molecule has 1 amide bonds. The van der Waals surface area contributed by atoms with Gasteiger partial charge in [-0.15, -0.1) is 12.4 Å². The maximum Gasteiger partial charge on any atom is 0.278 e. The molecule has 0 aliphatic rings. The first kappa shape index (κ1) is 20.4. The van der Waals surface area contributed by atoms with Gasteiger partial charge in [0, 0.05) is 13.6 Å². The van der Waals surface area contributed by atoms with Crippen LogP contribution in [0.1, 0.15) is 22.6 Å². The Morgan fingerprint density at radius 2 is 1.96 bits per heavy atom. The fourth-order valence-corrected chi connectivity index (χ4v) is 3.74. The van der Waals surface area contributed by atoms with Crippen LogP contribution in [0.2, 0.25) is 0 Å². The van der Waals surface area contributed by atoms with Crippen LogP contribution in [-0.4, -0.2) is 52.8 Å². The molecule has 0 aliphatic heterocycles. The fourth-order valence-electron chi connectivity index (χ4n) is 2.75. The van der Waals surface area contributed by atoms with Crippen LogP contribution < -0.4 is 4.90 Å². The van der Waals surface area contributed by atoms with Crippen molar-refractivity contribution in [1.29, 1.82) is 0 Å². The third-order valence-corrected chi connectivity index (χ3v) is 5.03. The summed E-state index contributed by atoms with van der Waals surface area (Å²) in [6.45, 7) is 3.44. The average molecular weight is 394 g/mol. The highest BCUT2D eigenvalue weighted by Crippen LogP contribution is 2.29. The molecule has 2 aromatic heterocycles. The maximum absolute atomic E-state index is 13.2. The Kier molecular flexibility index (Phi) is 6.75. The zero-order valence-electron chi connectivity index (χ0n) is 15.5. The average Bonchev–Trinajstić information content (AvgIpc) is 3.13. The molecule has 0 atom stereocenters. The highest BCUT2D eigenvalue weighted by atomic mass is 35.5. The van der Waals surface area contributed by atoms with Crippen LogP contribution >= 0.6 is 23.7 Å². The Hall–Kier alpha value is -1.96. The summed E-state index contributed by atoms with van der Waals surface area (Å²) in [7, 11) is 5.87. The summed E-state index contributed by atoms with van der Waals surface area (Å²) in [6, 6.07) is 9.80. The second-order valence-corrected chi connectivity index (χ2v) is 7.38. The summed E-state index contributed by atoms with van der Waals surface area (Å²) >= 11 is 1.55. The minimum atomic E-state index is -0.0547. The molecule has 0 aliphatic carbocycles. The van der Waals surface area contributed by atoms with Crippen molar-refractivity contribution in [1.82, 2.24) is 19.7 Å². The lowest BCUT2D eigenvalue weighted by Gasteiger charge is -2.20. The van der Waals surface area contributed by atoms with Gasteiger partial charge in [0.15, 0.2) is 5.13 Å². The summed E-state index contributed by atoms with van der Waals surface area (Å²) < 4.78 is 2.73. The van der Waals surface area contributed by atoms with Crippen molar-refractivity contribution >= 4 is 45.0 Å². The lowest BCUT2D eigenvalue weighted by Crippen LogP contribution is -2.34. The molecular weight excluding hydrogens is 370 g/mol. The van der Waals surface area contributed by atoms with E-state index in [-0.39, 0.29) is 18.3 Å². The Bertz CT molecular complexity index is 856. The highest BCUT2D eigenvalue weighted by Gasteiger charge is 2.23. The van der Waals surface area contributed by atoms with Crippen molar-refractivity contribution < 1.29 is 4.79 Å². The molecular formula is C18H24ClN5OS. The first-order chi connectivity index (χ1) is 12.0. The van der Waals surface area contributed by atoms with E-state index in [0.717, 1.165) is 34.0 Å². The lowest BCUT2D eigenvalue weighted by molar-refractivity contribution is 0.0977. The number of rotatable bonds is 6. The van der Waals surface area contributed by atoms with Crippen molar-refractivity contribution in [3.8, 4) is 0 Å². The van der Waals surface area contributed by atoms with E-state index in [2.05, 4.69) is 15.0 Å². The molecule has 140 valence electrons. The number of halogens is 1. The number of carbonyl (C=O) groups excluding carboxylic acids is 1. The maximum atomic E-state index is 13.2. The van der Waals surface area contributed by atoms with E-state index < -0.39 is 0 Å². The number of aromatic nitrogens is 3. The number of benzene rings is 1. The molecule has 8 heteroatoms. The molecule has 1 aromatic carbocycles. The third kappa shape index (κ3) is 4.41. The normalized spacial score (nSPS) is 11.0. The number of fused-ring (bicyclic) bond motifs is 1. The van der Waals surface area contributed by atoms with Gasteiger partial charge < -0.3 is 4.90 Å². The first-order valence-electron chi connectivity index (χ1n) is 8.28. The van der Waals surface area contributed by atoms with Crippen LogP contribution in [0.4, 0.5) is 5.13 Å². The number of carbonyl (C=O) groups is 1. The molecule has 6 nitrogen and oxygen atoms in total. The van der Waals surface area contributed by atoms with Crippen molar-refractivity contribution in [3.05, 3.63) is 41.7 Å². The van der Waals surface area contributed by atoms with E-state index in [0.29, 0.717) is 12.2 Å². The minimum Gasteiger partial charge on any atom is -0.309 e. The van der Waals surface area contributed by atoms with Crippen LogP contribution in [0.3, 0.4) is 0 Å². The zero-order valence-corrected chi connectivity index (χ0v) is 17.1. The fraction of sp³-hybridized carbons (Fsp3) is 0.389. The number of amides is 1. The molecule has 0 radical (unpaired) electrons. The van der Waals surface area contributed by atoms with Crippen molar-refractivity contribution in [2.45, 2.75) is 13.3 Å². The monoisotopic (exact) mass is 393 g/mol. The Morgan fingerprint density at radius 1 is 1.23 bits per heavy atom. The second kappa shape index (κ2) is 8.62. The van der Waals surface area contributed by atoms with Crippen molar-refractivity contribution in [2.75, 3.05) is 32.1 Å². The van der Waals surface area contributed by atoms with E-state index in [9.17, 15) is 4.79 Å². The van der Waals surface area contributed by atoms with Gasteiger partial charge in [-0.1, -0.05) is 23.5 Å². The number of para-hydroxylation sites is 1. The summed E-state index contributed by atoms with van der Waals surface area (Å²) in [5, 5.41) is 5.04. The van der Waals surface area contributed by atoms with Crippen molar-refractivity contribution in [3.63, 3.8) is 0 Å². The summed E-state index contributed by atoms with van der Waals surface area (Å²) in [5.41, 5.74) is 2.35. The van der Waals surface area contributed by atoms with Gasteiger partial charge in [-0.05, 0) is 52.2 Å². The van der Waals surface area contributed by atoms with Gasteiger partial charge in [0.05, 0.1) is 15.9 Å². The van der Waals surface area contributed by atoms with Crippen LogP contribution in [0, 0.1) is 6.92 Å². The molecule has 0 N–H and O–H groups in total. The molecule has 2 heterocycles. The number of aryl methyl sites for hydroxylation is 2. The van der Waals surface area contributed by atoms with Crippen LogP contribution in [0.5, 0.6) is 0 Å². The molecule has 0 saturated carbocycles. The second-order valence-electron chi connectivity index (χ2n) is 6.37. The third-order valence-electron chi connectivity index (χ3n) is 3.97. The molecule has 26 heavy (non-hydrogen) atoms.